The number of nitrogens with one attached hydrogen (secondary N) is 1. The molecule has 0 radical (unpaired) electrons. The highest BCUT2D eigenvalue weighted by Crippen LogP contribution is 2.33. The molecule has 3 heteroatoms. The molecule has 1 aliphatic heterocycles. The van der Waals surface area contributed by atoms with Gasteiger partial charge in [0.2, 0.25) is 0 Å². The Morgan fingerprint density at radius 3 is 2.58 bits per heavy atom. The molecule has 0 aliphatic carbocycles. The van der Waals surface area contributed by atoms with E-state index in [0.717, 1.165) is 23.7 Å². The van der Waals surface area contributed by atoms with Crippen molar-refractivity contribution in [1.82, 2.24) is 0 Å². The van der Waals surface area contributed by atoms with Crippen molar-refractivity contribution in [2.24, 2.45) is 0 Å². The van der Waals surface area contributed by atoms with Gasteiger partial charge in [-0.1, -0.05) is 18.2 Å². The summed E-state index contributed by atoms with van der Waals surface area (Å²) in [6.45, 7) is 2.91. The molecule has 0 bridgehead atoms. The summed E-state index contributed by atoms with van der Waals surface area (Å²) in [6.07, 6.45) is 0.222. The molecule has 1 unspecified atom stereocenters. The van der Waals surface area contributed by atoms with Crippen molar-refractivity contribution in [2.45, 2.75) is 13.0 Å². The van der Waals surface area contributed by atoms with Crippen LogP contribution < -0.4 is 14.8 Å². The number of hydrogen-bond donors (Lipinski definition) is 1. The fraction of sp³-hybridized carbons (Fsp3) is 0.250. The largest absolute Gasteiger partial charge is 0.497 e. The van der Waals surface area contributed by atoms with Gasteiger partial charge in [0.25, 0.3) is 0 Å². The van der Waals surface area contributed by atoms with Gasteiger partial charge in [0.15, 0.2) is 0 Å². The molecule has 98 valence electrons. The second-order valence-corrected chi connectivity index (χ2v) is 4.75. The maximum Gasteiger partial charge on any atom is 0.142 e. The predicted octanol–water partition coefficient (Wildman–Crippen LogP) is 3.56. The third-order valence-electron chi connectivity index (χ3n) is 3.31. The van der Waals surface area contributed by atoms with Gasteiger partial charge in [0.05, 0.1) is 19.3 Å². The molecule has 19 heavy (non-hydrogen) atoms. The van der Waals surface area contributed by atoms with Gasteiger partial charge in [0.1, 0.15) is 17.6 Å². The van der Waals surface area contributed by atoms with Crippen molar-refractivity contribution < 1.29 is 9.47 Å². The number of anilines is 1. The van der Waals surface area contributed by atoms with Gasteiger partial charge in [-0.25, -0.2) is 0 Å². The predicted molar refractivity (Wildman–Crippen MR) is 77.0 cm³/mol. The summed E-state index contributed by atoms with van der Waals surface area (Å²) >= 11 is 0. The Labute approximate surface area is 113 Å². The van der Waals surface area contributed by atoms with Crippen LogP contribution in [-0.2, 0) is 0 Å². The molecule has 0 saturated heterocycles. The summed E-state index contributed by atoms with van der Waals surface area (Å²) in [5.41, 5.74) is 3.41. The second-order valence-electron chi connectivity index (χ2n) is 4.75. The molecule has 0 amide bonds. The van der Waals surface area contributed by atoms with E-state index in [1.54, 1.807) is 7.11 Å². The van der Waals surface area contributed by atoms with E-state index < -0.39 is 0 Å². The van der Waals surface area contributed by atoms with Crippen LogP contribution >= 0.6 is 0 Å². The lowest BCUT2D eigenvalue weighted by atomic mass is 10.0. The molecular formula is C16H17NO2. The van der Waals surface area contributed by atoms with Crippen LogP contribution in [0.2, 0.25) is 0 Å². The Morgan fingerprint density at radius 1 is 1.11 bits per heavy atom. The molecule has 1 N–H and O–H groups in total. The van der Waals surface area contributed by atoms with E-state index in [1.807, 2.05) is 18.2 Å². The van der Waals surface area contributed by atoms with Crippen LogP contribution in [0.1, 0.15) is 6.92 Å². The van der Waals surface area contributed by atoms with Crippen molar-refractivity contribution in [2.75, 3.05) is 19.0 Å². The Morgan fingerprint density at radius 2 is 1.84 bits per heavy atom. The van der Waals surface area contributed by atoms with Gasteiger partial charge in [0, 0.05) is 0 Å². The van der Waals surface area contributed by atoms with Crippen molar-refractivity contribution >= 4 is 5.69 Å². The second kappa shape index (κ2) is 4.84. The van der Waals surface area contributed by atoms with Crippen molar-refractivity contribution in [3.05, 3.63) is 42.5 Å². The van der Waals surface area contributed by atoms with E-state index in [0.29, 0.717) is 0 Å². The van der Waals surface area contributed by atoms with Gasteiger partial charge in [-0.15, -0.1) is 0 Å². The van der Waals surface area contributed by atoms with Crippen LogP contribution in [-0.4, -0.2) is 19.8 Å². The van der Waals surface area contributed by atoms with Crippen LogP contribution in [0.3, 0.4) is 0 Å². The normalized spacial score (nSPS) is 17.1. The van der Waals surface area contributed by atoms with Crippen LogP contribution in [0.4, 0.5) is 5.69 Å². The number of ether oxygens (including phenoxy) is 2. The summed E-state index contributed by atoms with van der Waals surface area (Å²) in [5, 5.41) is 3.40. The van der Waals surface area contributed by atoms with E-state index in [9.17, 15) is 0 Å². The molecule has 0 spiro atoms. The first-order valence-corrected chi connectivity index (χ1v) is 6.45. The fourth-order valence-corrected chi connectivity index (χ4v) is 2.25. The molecule has 2 aromatic carbocycles. The van der Waals surface area contributed by atoms with Gasteiger partial charge in [-0.3, -0.25) is 0 Å². The summed E-state index contributed by atoms with van der Waals surface area (Å²) < 4.78 is 11.0. The number of fused-ring (bicyclic) bond motifs is 1. The first kappa shape index (κ1) is 11.9. The van der Waals surface area contributed by atoms with E-state index in [-0.39, 0.29) is 6.10 Å². The minimum atomic E-state index is 0.222. The van der Waals surface area contributed by atoms with Gasteiger partial charge in [-0.2, -0.15) is 0 Å². The minimum absolute atomic E-state index is 0.222. The molecule has 2 aromatic rings. The first-order chi connectivity index (χ1) is 9.26. The van der Waals surface area contributed by atoms with Gasteiger partial charge < -0.3 is 14.8 Å². The van der Waals surface area contributed by atoms with E-state index >= 15 is 0 Å². The highest BCUT2D eigenvalue weighted by atomic mass is 16.5. The molecule has 1 aliphatic rings. The van der Waals surface area contributed by atoms with Crippen LogP contribution in [0.25, 0.3) is 11.1 Å². The molecule has 1 atom stereocenters. The lowest BCUT2D eigenvalue weighted by Gasteiger charge is -2.25. The molecule has 3 rings (SSSR count). The molecule has 0 saturated carbocycles. The standard InChI is InChI=1S/C16H17NO2/c1-11-10-17-15-9-13(5-8-16(15)19-11)12-3-6-14(18-2)7-4-12/h3-9,11,17H,10H2,1-2H3. The van der Waals surface area contributed by atoms with E-state index in [1.165, 1.54) is 11.1 Å². The van der Waals surface area contributed by atoms with Gasteiger partial charge in [-0.05, 0) is 42.3 Å². The lowest BCUT2D eigenvalue weighted by molar-refractivity contribution is 0.226. The Balaban J connectivity index is 1.93. The lowest BCUT2D eigenvalue weighted by Crippen LogP contribution is -2.27. The van der Waals surface area contributed by atoms with E-state index in [4.69, 9.17) is 9.47 Å². The average Bonchev–Trinajstić information content (AvgIpc) is 2.47. The van der Waals surface area contributed by atoms with Crippen LogP contribution in [0, 0.1) is 0 Å². The quantitative estimate of drug-likeness (QED) is 0.890. The van der Waals surface area contributed by atoms with Crippen molar-refractivity contribution in [3.8, 4) is 22.6 Å². The number of benzene rings is 2. The van der Waals surface area contributed by atoms with Crippen LogP contribution in [0.5, 0.6) is 11.5 Å². The zero-order valence-corrected chi connectivity index (χ0v) is 11.1. The molecule has 0 fully saturated rings. The third-order valence-corrected chi connectivity index (χ3v) is 3.31. The maximum atomic E-state index is 5.78. The zero-order chi connectivity index (χ0) is 13.2. The molecule has 0 aromatic heterocycles. The Kier molecular flexibility index (Phi) is 3.03. The van der Waals surface area contributed by atoms with Crippen molar-refractivity contribution in [1.29, 1.82) is 0 Å². The SMILES string of the molecule is COc1ccc(-c2ccc3c(c2)NCC(C)O3)cc1. The third kappa shape index (κ3) is 2.36. The maximum absolute atomic E-state index is 5.78. The fourth-order valence-electron chi connectivity index (χ4n) is 2.25. The monoisotopic (exact) mass is 255 g/mol. The Hall–Kier alpha value is -2.16. The smallest absolute Gasteiger partial charge is 0.142 e. The Bertz CT molecular complexity index is 578. The van der Waals surface area contributed by atoms with Crippen molar-refractivity contribution in [3.63, 3.8) is 0 Å². The first-order valence-electron chi connectivity index (χ1n) is 6.45. The summed E-state index contributed by atoms with van der Waals surface area (Å²) in [5.74, 6) is 1.80. The molecular weight excluding hydrogens is 238 g/mol. The minimum Gasteiger partial charge on any atom is -0.497 e. The van der Waals surface area contributed by atoms with E-state index in [2.05, 4.69) is 36.5 Å². The zero-order valence-electron chi connectivity index (χ0n) is 11.1. The highest BCUT2D eigenvalue weighted by Gasteiger charge is 2.15. The number of rotatable bonds is 2. The average molecular weight is 255 g/mol. The number of methoxy groups -OCH3 is 1. The molecule has 3 nitrogen and oxygen atoms in total. The summed E-state index contributed by atoms with van der Waals surface area (Å²) in [4.78, 5) is 0. The van der Waals surface area contributed by atoms with Gasteiger partial charge >= 0.3 is 0 Å². The summed E-state index contributed by atoms with van der Waals surface area (Å²) in [6, 6.07) is 14.3. The van der Waals surface area contributed by atoms with Crippen LogP contribution in [0.15, 0.2) is 42.5 Å². The topological polar surface area (TPSA) is 30.5 Å². The highest BCUT2D eigenvalue weighted by molar-refractivity contribution is 5.72. The number of hydrogen-bond acceptors (Lipinski definition) is 3. The molecule has 1 heterocycles. The summed E-state index contributed by atoms with van der Waals surface area (Å²) in [7, 11) is 1.68.